The Kier molecular flexibility index (Phi) is 4.24. The minimum atomic E-state index is -1.01. The lowest BCUT2D eigenvalue weighted by atomic mass is 10.3. The van der Waals surface area contributed by atoms with Crippen molar-refractivity contribution in [1.29, 1.82) is 0 Å². The number of thiazole rings is 1. The van der Waals surface area contributed by atoms with Crippen LogP contribution in [0.3, 0.4) is 0 Å². The summed E-state index contributed by atoms with van der Waals surface area (Å²) in [5.74, 6) is -1.32. The SMILES string of the molecule is Cc1nc(C(C)NC(=O)c2coc(Br)c2)sc1C(=O)O. The number of amides is 1. The highest BCUT2D eigenvalue weighted by molar-refractivity contribution is 9.10. The van der Waals surface area contributed by atoms with Crippen molar-refractivity contribution in [2.24, 2.45) is 0 Å². The summed E-state index contributed by atoms with van der Waals surface area (Å²) in [6.45, 7) is 3.38. The van der Waals surface area contributed by atoms with Gasteiger partial charge in [0, 0.05) is 6.07 Å². The number of carboxylic acid groups (broad SMARTS) is 1. The van der Waals surface area contributed by atoms with E-state index in [1.54, 1.807) is 19.9 Å². The number of aromatic carboxylic acids is 1. The standard InChI is InChI=1S/C12H11BrN2O4S/c1-5-9(12(17)18)20-11(15-5)6(2)14-10(16)7-3-8(13)19-4-7/h3-4,6H,1-2H3,(H,14,16)(H,17,18). The van der Waals surface area contributed by atoms with E-state index in [2.05, 4.69) is 26.2 Å². The molecule has 0 aliphatic rings. The summed E-state index contributed by atoms with van der Waals surface area (Å²) >= 11 is 4.18. The van der Waals surface area contributed by atoms with Crippen molar-refractivity contribution in [1.82, 2.24) is 10.3 Å². The second-order valence-electron chi connectivity index (χ2n) is 4.11. The molecule has 0 bridgehead atoms. The van der Waals surface area contributed by atoms with Crippen molar-refractivity contribution in [3.8, 4) is 0 Å². The van der Waals surface area contributed by atoms with Crippen LogP contribution >= 0.6 is 27.3 Å². The fourth-order valence-corrected chi connectivity index (χ4v) is 2.82. The zero-order valence-corrected chi connectivity index (χ0v) is 13.0. The van der Waals surface area contributed by atoms with E-state index in [0.29, 0.717) is 20.9 Å². The number of aromatic nitrogens is 1. The van der Waals surface area contributed by atoms with Crippen molar-refractivity contribution >= 4 is 39.1 Å². The molecule has 8 heteroatoms. The van der Waals surface area contributed by atoms with Crippen molar-refractivity contribution in [2.45, 2.75) is 19.9 Å². The summed E-state index contributed by atoms with van der Waals surface area (Å²) in [4.78, 5) is 27.3. The molecule has 0 aliphatic heterocycles. The van der Waals surface area contributed by atoms with Gasteiger partial charge in [-0.3, -0.25) is 4.79 Å². The van der Waals surface area contributed by atoms with Crippen LogP contribution in [0.15, 0.2) is 21.4 Å². The van der Waals surface area contributed by atoms with Gasteiger partial charge in [-0.1, -0.05) is 0 Å². The fourth-order valence-electron chi connectivity index (χ4n) is 1.57. The third kappa shape index (κ3) is 3.07. The number of rotatable bonds is 4. The number of furan rings is 1. The lowest BCUT2D eigenvalue weighted by Crippen LogP contribution is -2.26. The van der Waals surface area contributed by atoms with Crippen LogP contribution in [0.4, 0.5) is 0 Å². The van der Waals surface area contributed by atoms with Crippen LogP contribution < -0.4 is 5.32 Å². The average Bonchev–Trinajstić information content (AvgIpc) is 2.95. The van der Waals surface area contributed by atoms with Crippen molar-refractivity contribution in [2.75, 3.05) is 0 Å². The number of aryl methyl sites for hydroxylation is 1. The van der Waals surface area contributed by atoms with Gasteiger partial charge in [-0.15, -0.1) is 11.3 Å². The maximum atomic E-state index is 11.9. The van der Waals surface area contributed by atoms with Gasteiger partial charge < -0.3 is 14.8 Å². The van der Waals surface area contributed by atoms with Gasteiger partial charge in [0.25, 0.3) is 5.91 Å². The Labute approximate surface area is 127 Å². The molecule has 1 unspecified atom stereocenters. The molecule has 2 aromatic rings. The first kappa shape index (κ1) is 14.7. The summed E-state index contributed by atoms with van der Waals surface area (Å²) in [7, 11) is 0. The molecule has 0 aromatic carbocycles. The van der Waals surface area contributed by atoms with Gasteiger partial charge in [0.15, 0.2) is 4.67 Å². The van der Waals surface area contributed by atoms with Gasteiger partial charge in [-0.2, -0.15) is 0 Å². The van der Waals surface area contributed by atoms with E-state index in [-0.39, 0.29) is 16.8 Å². The number of carboxylic acids is 1. The van der Waals surface area contributed by atoms with Gasteiger partial charge in [0.2, 0.25) is 0 Å². The first-order valence-corrected chi connectivity index (χ1v) is 7.25. The van der Waals surface area contributed by atoms with Gasteiger partial charge in [-0.25, -0.2) is 9.78 Å². The van der Waals surface area contributed by atoms with Crippen LogP contribution in [0, 0.1) is 6.92 Å². The predicted octanol–water partition coefficient (Wildman–Crippen LogP) is 3.00. The smallest absolute Gasteiger partial charge is 0.347 e. The second-order valence-corrected chi connectivity index (χ2v) is 5.92. The Morgan fingerprint density at radius 3 is 2.75 bits per heavy atom. The molecule has 2 aromatic heterocycles. The Morgan fingerprint density at radius 2 is 2.25 bits per heavy atom. The Hall–Kier alpha value is -1.67. The minimum Gasteiger partial charge on any atom is -0.477 e. The number of carbonyl (C=O) groups is 2. The largest absolute Gasteiger partial charge is 0.477 e. The number of nitrogens with zero attached hydrogens (tertiary/aromatic N) is 1. The molecule has 1 amide bonds. The first-order chi connectivity index (χ1) is 9.38. The molecule has 1 atom stereocenters. The molecule has 2 heterocycles. The summed E-state index contributed by atoms with van der Waals surface area (Å²) < 4.78 is 5.46. The molecule has 0 saturated heterocycles. The molecule has 0 spiro atoms. The first-order valence-electron chi connectivity index (χ1n) is 5.64. The van der Waals surface area contributed by atoms with E-state index in [0.717, 1.165) is 11.3 Å². The molecule has 0 fully saturated rings. The molecule has 6 nitrogen and oxygen atoms in total. The molecule has 2 N–H and O–H groups in total. The summed E-state index contributed by atoms with van der Waals surface area (Å²) in [6.07, 6.45) is 1.34. The van der Waals surface area contributed by atoms with E-state index in [4.69, 9.17) is 9.52 Å². The Balaban J connectivity index is 2.12. The average molecular weight is 359 g/mol. The van der Waals surface area contributed by atoms with Crippen LogP contribution in [0.1, 0.15) is 43.7 Å². The van der Waals surface area contributed by atoms with Crippen LogP contribution in [-0.2, 0) is 0 Å². The van der Waals surface area contributed by atoms with Crippen LogP contribution in [-0.4, -0.2) is 22.0 Å². The monoisotopic (exact) mass is 358 g/mol. The maximum Gasteiger partial charge on any atom is 0.347 e. The van der Waals surface area contributed by atoms with Gasteiger partial charge >= 0.3 is 5.97 Å². The second kappa shape index (κ2) is 5.76. The number of halogens is 1. The number of hydrogen-bond donors (Lipinski definition) is 2. The molecular formula is C12H11BrN2O4S. The zero-order chi connectivity index (χ0) is 14.9. The third-order valence-electron chi connectivity index (χ3n) is 2.56. The van der Waals surface area contributed by atoms with E-state index in [9.17, 15) is 9.59 Å². The van der Waals surface area contributed by atoms with Crippen LogP contribution in [0.5, 0.6) is 0 Å². The maximum absolute atomic E-state index is 11.9. The van der Waals surface area contributed by atoms with Gasteiger partial charge in [0.05, 0.1) is 17.3 Å². The Bertz CT molecular complexity index is 664. The molecule has 0 radical (unpaired) electrons. The summed E-state index contributed by atoms with van der Waals surface area (Å²) in [5, 5.41) is 12.3. The highest BCUT2D eigenvalue weighted by atomic mass is 79.9. The lowest BCUT2D eigenvalue weighted by Gasteiger charge is -2.09. The topological polar surface area (TPSA) is 92.4 Å². The molecule has 20 heavy (non-hydrogen) atoms. The highest BCUT2D eigenvalue weighted by Crippen LogP contribution is 2.24. The molecule has 2 rings (SSSR count). The predicted molar refractivity (Wildman–Crippen MR) is 76.1 cm³/mol. The molecule has 0 aliphatic carbocycles. The van der Waals surface area contributed by atoms with Gasteiger partial charge in [-0.05, 0) is 29.8 Å². The van der Waals surface area contributed by atoms with Crippen molar-refractivity contribution in [3.05, 3.63) is 38.1 Å². The van der Waals surface area contributed by atoms with Crippen LogP contribution in [0.25, 0.3) is 0 Å². The number of nitrogens with one attached hydrogen (secondary N) is 1. The Morgan fingerprint density at radius 1 is 1.55 bits per heavy atom. The quantitative estimate of drug-likeness (QED) is 0.876. The van der Waals surface area contributed by atoms with Crippen LogP contribution in [0.2, 0.25) is 0 Å². The fraction of sp³-hybridized carbons (Fsp3) is 0.250. The summed E-state index contributed by atoms with van der Waals surface area (Å²) in [5.41, 5.74) is 0.833. The van der Waals surface area contributed by atoms with Crippen molar-refractivity contribution < 1.29 is 19.1 Å². The van der Waals surface area contributed by atoms with E-state index < -0.39 is 5.97 Å². The van der Waals surface area contributed by atoms with E-state index in [1.807, 2.05) is 0 Å². The highest BCUT2D eigenvalue weighted by Gasteiger charge is 2.20. The lowest BCUT2D eigenvalue weighted by molar-refractivity contribution is 0.0701. The van der Waals surface area contributed by atoms with Crippen molar-refractivity contribution in [3.63, 3.8) is 0 Å². The summed E-state index contributed by atoms with van der Waals surface area (Å²) in [6, 6.07) is 1.17. The number of carbonyl (C=O) groups excluding carboxylic acids is 1. The molecule has 0 saturated carbocycles. The van der Waals surface area contributed by atoms with Gasteiger partial charge in [0.1, 0.15) is 16.1 Å². The third-order valence-corrected chi connectivity index (χ3v) is 4.30. The van der Waals surface area contributed by atoms with E-state index >= 15 is 0 Å². The molecular weight excluding hydrogens is 348 g/mol. The zero-order valence-electron chi connectivity index (χ0n) is 10.6. The normalized spacial score (nSPS) is 12.2. The minimum absolute atomic E-state index is 0.187. The number of hydrogen-bond acceptors (Lipinski definition) is 5. The molecule has 106 valence electrons. The van der Waals surface area contributed by atoms with E-state index in [1.165, 1.54) is 6.26 Å².